The van der Waals surface area contributed by atoms with Crippen molar-refractivity contribution in [3.8, 4) is 0 Å². The molecule has 1 saturated carbocycles. The van der Waals surface area contributed by atoms with E-state index in [9.17, 15) is 4.79 Å². The van der Waals surface area contributed by atoms with Crippen molar-refractivity contribution in [3.05, 3.63) is 36.1 Å². The van der Waals surface area contributed by atoms with E-state index in [1.807, 2.05) is 24.3 Å². The van der Waals surface area contributed by atoms with Gasteiger partial charge in [0.1, 0.15) is 5.58 Å². The number of fused-ring (bicyclic) bond motifs is 1. The molecule has 0 unspecified atom stereocenters. The molecule has 1 aromatic heterocycles. The van der Waals surface area contributed by atoms with Crippen molar-refractivity contribution in [1.29, 1.82) is 0 Å². The zero-order valence-corrected chi connectivity index (χ0v) is 9.73. The molecule has 3 heteroatoms. The van der Waals surface area contributed by atoms with Crippen molar-refractivity contribution in [2.24, 2.45) is 5.41 Å². The van der Waals surface area contributed by atoms with Gasteiger partial charge < -0.3 is 9.15 Å². The number of hydrogen-bond donors (Lipinski definition) is 0. The van der Waals surface area contributed by atoms with Crippen LogP contribution in [0, 0.1) is 5.41 Å². The van der Waals surface area contributed by atoms with Crippen molar-refractivity contribution in [2.75, 3.05) is 7.11 Å². The molecule has 0 N–H and O–H groups in total. The predicted molar refractivity (Wildman–Crippen MR) is 63.6 cm³/mol. The Balaban J connectivity index is 1.93. The summed E-state index contributed by atoms with van der Waals surface area (Å²) >= 11 is 0. The lowest BCUT2D eigenvalue weighted by Gasteiger charge is -2.10. The van der Waals surface area contributed by atoms with Gasteiger partial charge in [-0.25, -0.2) is 0 Å². The molecular formula is C14H14O3. The molecule has 0 atom stereocenters. The Morgan fingerprint density at radius 1 is 1.41 bits per heavy atom. The van der Waals surface area contributed by atoms with Crippen LogP contribution in [0.3, 0.4) is 0 Å². The Hall–Kier alpha value is -1.77. The molecule has 0 saturated heterocycles. The fraction of sp³-hybridized carbons (Fsp3) is 0.357. The molecule has 3 nitrogen and oxygen atoms in total. The summed E-state index contributed by atoms with van der Waals surface area (Å²) in [6.45, 7) is 0. The number of ether oxygens (including phenoxy) is 1. The van der Waals surface area contributed by atoms with Crippen molar-refractivity contribution in [2.45, 2.75) is 19.3 Å². The van der Waals surface area contributed by atoms with Crippen LogP contribution in [0.25, 0.3) is 11.0 Å². The van der Waals surface area contributed by atoms with Crippen LogP contribution in [0.2, 0.25) is 0 Å². The average molecular weight is 230 g/mol. The van der Waals surface area contributed by atoms with Crippen LogP contribution in [0.15, 0.2) is 34.9 Å². The van der Waals surface area contributed by atoms with E-state index in [4.69, 9.17) is 9.15 Å². The van der Waals surface area contributed by atoms with E-state index in [2.05, 4.69) is 0 Å². The zero-order valence-electron chi connectivity index (χ0n) is 9.73. The molecular weight excluding hydrogens is 216 g/mol. The van der Waals surface area contributed by atoms with E-state index in [0.29, 0.717) is 0 Å². The smallest absolute Gasteiger partial charge is 0.312 e. The first-order valence-corrected chi connectivity index (χ1v) is 5.79. The van der Waals surface area contributed by atoms with E-state index in [0.717, 1.165) is 35.8 Å². The number of benzene rings is 1. The lowest BCUT2D eigenvalue weighted by molar-refractivity contribution is -0.147. The number of hydrogen-bond acceptors (Lipinski definition) is 3. The molecule has 0 radical (unpaired) electrons. The molecule has 88 valence electrons. The van der Waals surface area contributed by atoms with Gasteiger partial charge in [-0.2, -0.15) is 0 Å². The Morgan fingerprint density at radius 2 is 2.18 bits per heavy atom. The summed E-state index contributed by atoms with van der Waals surface area (Å²) in [5.41, 5.74) is 1.69. The number of carbonyl (C=O) groups excluding carboxylic acids is 1. The standard InChI is InChI=1S/C14H14O3/c1-16-13(15)14(6-7-14)8-10-9-17-12-5-3-2-4-11(10)12/h2-5,9H,6-8H2,1H3. The number of carbonyl (C=O) groups is 1. The average Bonchev–Trinajstić information content (AvgIpc) is 3.04. The molecule has 0 spiro atoms. The van der Waals surface area contributed by atoms with Crippen molar-refractivity contribution >= 4 is 16.9 Å². The highest BCUT2D eigenvalue weighted by molar-refractivity contribution is 5.84. The highest BCUT2D eigenvalue weighted by atomic mass is 16.5. The SMILES string of the molecule is COC(=O)C1(Cc2coc3ccccc23)CC1. The van der Waals surface area contributed by atoms with E-state index in [1.54, 1.807) is 6.26 Å². The third-order valence-corrected chi connectivity index (χ3v) is 3.56. The quantitative estimate of drug-likeness (QED) is 0.761. The van der Waals surface area contributed by atoms with Crippen molar-refractivity contribution in [3.63, 3.8) is 0 Å². The summed E-state index contributed by atoms with van der Waals surface area (Å²) in [4.78, 5) is 11.7. The van der Waals surface area contributed by atoms with E-state index in [-0.39, 0.29) is 11.4 Å². The van der Waals surface area contributed by atoms with Gasteiger partial charge in [0.25, 0.3) is 0 Å². The second-order valence-corrected chi connectivity index (χ2v) is 4.71. The van der Waals surface area contributed by atoms with Crippen LogP contribution in [0.4, 0.5) is 0 Å². The number of furan rings is 1. The molecule has 0 aliphatic heterocycles. The first-order chi connectivity index (χ1) is 8.25. The molecule has 17 heavy (non-hydrogen) atoms. The Bertz CT molecular complexity index is 564. The number of para-hydroxylation sites is 1. The number of esters is 1. The summed E-state index contributed by atoms with van der Waals surface area (Å²) in [5.74, 6) is -0.0946. The van der Waals surface area contributed by atoms with Crippen molar-refractivity contribution < 1.29 is 13.9 Å². The molecule has 1 fully saturated rings. The van der Waals surface area contributed by atoms with Crippen LogP contribution >= 0.6 is 0 Å². The highest BCUT2D eigenvalue weighted by Crippen LogP contribution is 2.50. The fourth-order valence-electron chi connectivity index (χ4n) is 2.35. The first-order valence-electron chi connectivity index (χ1n) is 5.79. The summed E-state index contributed by atoms with van der Waals surface area (Å²) in [5, 5.41) is 1.10. The van der Waals surface area contributed by atoms with Gasteiger partial charge in [-0.1, -0.05) is 18.2 Å². The zero-order chi connectivity index (χ0) is 11.9. The molecule has 3 rings (SSSR count). The van der Waals surface area contributed by atoms with Gasteiger partial charge in [-0.15, -0.1) is 0 Å². The molecule has 2 aromatic rings. The number of rotatable bonds is 3. The molecule has 1 aromatic carbocycles. The summed E-state index contributed by atoms with van der Waals surface area (Å²) in [7, 11) is 1.45. The Morgan fingerprint density at radius 3 is 2.88 bits per heavy atom. The summed E-state index contributed by atoms with van der Waals surface area (Å²) in [6.07, 6.45) is 4.31. The third-order valence-electron chi connectivity index (χ3n) is 3.56. The monoisotopic (exact) mass is 230 g/mol. The molecule has 0 bridgehead atoms. The second-order valence-electron chi connectivity index (χ2n) is 4.71. The van der Waals surface area contributed by atoms with Crippen molar-refractivity contribution in [1.82, 2.24) is 0 Å². The third kappa shape index (κ3) is 1.62. The fourth-order valence-corrected chi connectivity index (χ4v) is 2.35. The van der Waals surface area contributed by atoms with Crippen LogP contribution in [0.5, 0.6) is 0 Å². The number of methoxy groups -OCH3 is 1. The minimum atomic E-state index is -0.290. The highest BCUT2D eigenvalue weighted by Gasteiger charge is 2.51. The van der Waals surface area contributed by atoms with Crippen LogP contribution in [0.1, 0.15) is 18.4 Å². The molecule has 1 heterocycles. The largest absolute Gasteiger partial charge is 0.469 e. The lowest BCUT2D eigenvalue weighted by Crippen LogP contribution is -2.19. The van der Waals surface area contributed by atoms with Gasteiger partial charge in [0.05, 0.1) is 18.8 Å². The first kappa shape index (κ1) is 10.4. The van der Waals surface area contributed by atoms with E-state index in [1.165, 1.54) is 7.11 Å². The maximum Gasteiger partial charge on any atom is 0.312 e. The normalized spacial score (nSPS) is 17.0. The minimum absolute atomic E-state index is 0.0946. The summed E-state index contributed by atoms with van der Waals surface area (Å²) in [6, 6.07) is 7.90. The minimum Gasteiger partial charge on any atom is -0.469 e. The topological polar surface area (TPSA) is 39.4 Å². The Kier molecular flexibility index (Phi) is 2.21. The molecule has 1 aliphatic rings. The van der Waals surface area contributed by atoms with Gasteiger partial charge in [0.2, 0.25) is 0 Å². The predicted octanol–water partition coefficient (Wildman–Crippen LogP) is 2.93. The maximum absolute atomic E-state index is 11.7. The van der Waals surface area contributed by atoms with Gasteiger partial charge >= 0.3 is 5.97 Å². The molecule has 1 aliphatic carbocycles. The van der Waals surface area contributed by atoms with E-state index >= 15 is 0 Å². The van der Waals surface area contributed by atoms with Crippen LogP contribution < -0.4 is 0 Å². The maximum atomic E-state index is 11.7. The Labute approximate surface area is 99.4 Å². The molecule has 0 amide bonds. The summed E-state index contributed by atoms with van der Waals surface area (Å²) < 4.78 is 10.4. The van der Waals surface area contributed by atoms with Gasteiger partial charge in [-0.3, -0.25) is 4.79 Å². The van der Waals surface area contributed by atoms with Gasteiger partial charge in [-0.05, 0) is 30.9 Å². The van der Waals surface area contributed by atoms with Crippen LogP contribution in [-0.2, 0) is 16.0 Å². The van der Waals surface area contributed by atoms with E-state index < -0.39 is 0 Å². The van der Waals surface area contributed by atoms with Gasteiger partial charge in [0.15, 0.2) is 0 Å². The van der Waals surface area contributed by atoms with Gasteiger partial charge in [0, 0.05) is 5.39 Å². The second kappa shape index (κ2) is 3.62. The lowest BCUT2D eigenvalue weighted by atomic mass is 9.96. The van der Waals surface area contributed by atoms with Crippen LogP contribution in [-0.4, -0.2) is 13.1 Å².